The summed E-state index contributed by atoms with van der Waals surface area (Å²) < 4.78 is 0. The summed E-state index contributed by atoms with van der Waals surface area (Å²) in [6, 6.07) is 6.83. The summed E-state index contributed by atoms with van der Waals surface area (Å²) in [5.74, 6) is -2.36. The van der Waals surface area contributed by atoms with E-state index in [1.165, 1.54) is 5.01 Å². The number of hydrazine groups is 1. The molecule has 10 heteroatoms. The summed E-state index contributed by atoms with van der Waals surface area (Å²) in [5, 5.41) is 17.4. The van der Waals surface area contributed by atoms with Gasteiger partial charge in [-0.05, 0) is 37.7 Å². The Kier molecular flexibility index (Phi) is 8.53. The zero-order valence-corrected chi connectivity index (χ0v) is 18.4. The van der Waals surface area contributed by atoms with E-state index >= 15 is 0 Å². The molecule has 3 amide bonds. The topological polar surface area (TPSA) is 136 Å². The normalized spacial score (nSPS) is 21.9. The third-order valence-corrected chi connectivity index (χ3v) is 5.93. The van der Waals surface area contributed by atoms with Crippen LogP contribution in [-0.4, -0.2) is 76.3 Å². The summed E-state index contributed by atoms with van der Waals surface area (Å²) in [6.45, 7) is 1.18. The van der Waals surface area contributed by atoms with Crippen molar-refractivity contribution in [2.75, 3.05) is 13.1 Å². The van der Waals surface area contributed by atoms with E-state index < -0.39 is 36.4 Å². The van der Waals surface area contributed by atoms with Gasteiger partial charge in [-0.15, -0.1) is 0 Å². The number of hydrogen-bond donors (Lipinski definition) is 3. The van der Waals surface area contributed by atoms with Crippen molar-refractivity contribution in [3.63, 3.8) is 0 Å². The maximum absolute atomic E-state index is 13.4. The van der Waals surface area contributed by atoms with Crippen molar-refractivity contribution in [2.45, 2.75) is 63.1 Å². The van der Waals surface area contributed by atoms with Crippen LogP contribution < -0.4 is 10.6 Å². The molecule has 0 unspecified atom stereocenters. The van der Waals surface area contributed by atoms with Crippen molar-refractivity contribution >= 4 is 30.0 Å². The number of rotatable bonds is 9. The second-order valence-electron chi connectivity index (χ2n) is 8.39. The van der Waals surface area contributed by atoms with Crippen LogP contribution >= 0.6 is 0 Å². The first-order valence-electron chi connectivity index (χ1n) is 11.3. The number of aliphatic carboxylic acids is 1. The predicted molar refractivity (Wildman–Crippen MR) is 118 cm³/mol. The summed E-state index contributed by atoms with van der Waals surface area (Å²) in [4.78, 5) is 60.9. The number of hydrogen-bond acceptors (Lipinski definition) is 6. The highest BCUT2D eigenvalue weighted by Crippen LogP contribution is 2.24. The summed E-state index contributed by atoms with van der Waals surface area (Å²) >= 11 is 0. The van der Waals surface area contributed by atoms with Gasteiger partial charge in [0.05, 0.1) is 12.5 Å². The molecule has 33 heavy (non-hydrogen) atoms. The largest absolute Gasteiger partial charge is 0.481 e. The van der Waals surface area contributed by atoms with E-state index in [2.05, 4.69) is 10.6 Å². The Morgan fingerprint density at radius 1 is 1.12 bits per heavy atom. The number of carbonyl (C=O) groups excluding carboxylic acids is 4. The molecule has 2 aliphatic rings. The van der Waals surface area contributed by atoms with Crippen LogP contribution in [0.1, 0.15) is 44.1 Å². The molecule has 0 spiro atoms. The van der Waals surface area contributed by atoms with Gasteiger partial charge >= 0.3 is 5.97 Å². The van der Waals surface area contributed by atoms with Crippen molar-refractivity contribution in [1.29, 1.82) is 0 Å². The fourth-order valence-electron chi connectivity index (χ4n) is 4.31. The fraction of sp³-hybridized carbons (Fsp3) is 0.522. The predicted octanol–water partition coefficient (Wildman–Crippen LogP) is 0.264. The molecule has 1 aromatic rings. The van der Waals surface area contributed by atoms with Crippen molar-refractivity contribution in [3.8, 4) is 0 Å². The number of carboxylic acids is 1. The number of aryl methyl sites for hydroxylation is 1. The molecule has 2 saturated heterocycles. The zero-order valence-electron chi connectivity index (χ0n) is 18.4. The van der Waals surface area contributed by atoms with Gasteiger partial charge in [-0.25, -0.2) is 5.01 Å². The monoisotopic (exact) mass is 458 g/mol. The number of amides is 3. The van der Waals surface area contributed by atoms with Gasteiger partial charge in [0.2, 0.25) is 11.8 Å². The highest BCUT2D eigenvalue weighted by molar-refractivity contribution is 5.93. The van der Waals surface area contributed by atoms with E-state index in [1.807, 2.05) is 35.3 Å². The summed E-state index contributed by atoms with van der Waals surface area (Å²) in [7, 11) is 0. The Bertz CT molecular complexity index is 877. The number of aldehydes is 1. The smallest absolute Gasteiger partial charge is 0.305 e. The van der Waals surface area contributed by atoms with Crippen molar-refractivity contribution in [1.82, 2.24) is 20.7 Å². The lowest BCUT2D eigenvalue weighted by molar-refractivity contribution is -0.168. The molecule has 0 aromatic heterocycles. The summed E-state index contributed by atoms with van der Waals surface area (Å²) in [5.41, 5.74) is 1.03. The van der Waals surface area contributed by atoms with E-state index in [9.17, 15) is 24.0 Å². The van der Waals surface area contributed by atoms with Gasteiger partial charge in [0.25, 0.3) is 5.91 Å². The third-order valence-electron chi connectivity index (χ3n) is 5.93. The third kappa shape index (κ3) is 6.61. The number of carbonyl (C=O) groups is 5. The van der Waals surface area contributed by atoms with Crippen molar-refractivity contribution in [2.24, 2.45) is 0 Å². The number of fused-ring (bicyclic) bond motifs is 1. The standard InChI is InChI=1S/C23H30N4O6/c28-15-17(14-21(30)31)24-22(32)19-9-5-13-26-12-4-8-18(23(33)27(19)26)25-20(29)11-10-16-6-2-1-3-7-16/h1-3,6-7,15,17-19H,4-5,8-14H2,(H,24,32)(H,25,29)(H,30,31)/t17-,18-,19-/m0/s1. The van der Waals surface area contributed by atoms with Gasteiger partial charge in [0, 0.05) is 19.5 Å². The SMILES string of the molecule is O=C[C@H](CC(=O)O)NC(=O)[C@@H]1CCCN2CCC[C@H](NC(=O)CCc3ccccc3)C(=O)N12. The Morgan fingerprint density at radius 2 is 1.82 bits per heavy atom. The molecular formula is C23H30N4O6. The Hall–Kier alpha value is -3.27. The first-order chi connectivity index (χ1) is 15.9. The molecule has 0 radical (unpaired) electrons. The maximum Gasteiger partial charge on any atom is 0.305 e. The Balaban J connectivity index is 1.65. The Morgan fingerprint density at radius 3 is 2.48 bits per heavy atom. The lowest BCUT2D eigenvalue weighted by atomic mass is 10.0. The molecule has 0 bridgehead atoms. The average molecular weight is 459 g/mol. The van der Waals surface area contributed by atoms with Gasteiger partial charge in [-0.1, -0.05) is 30.3 Å². The van der Waals surface area contributed by atoms with Crippen molar-refractivity contribution in [3.05, 3.63) is 35.9 Å². The molecule has 0 saturated carbocycles. The molecule has 178 valence electrons. The number of carboxylic acid groups (broad SMARTS) is 1. The molecule has 2 aliphatic heterocycles. The van der Waals surface area contributed by atoms with Crippen LogP contribution in [-0.2, 0) is 30.4 Å². The maximum atomic E-state index is 13.4. The van der Waals surface area contributed by atoms with Gasteiger partial charge in [0.1, 0.15) is 18.4 Å². The number of nitrogens with one attached hydrogen (secondary N) is 2. The van der Waals surface area contributed by atoms with Crippen molar-refractivity contribution < 1.29 is 29.1 Å². The first kappa shape index (κ1) is 24.4. The zero-order chi connectivity index (χ0) is 23.8. The average Bonchev–Trinajstić information content (AvgIpc) is 2.96. The second-order valence-corrected chi connectivity index (χ2v) is 8.39. The molecule has 3 N–H and O–H groups in total. The first-order valence-corrected chi connectivity index (χ1v) is 11.3. The highest BCUT2D eigenvalue weighted by atomic mass is 16.4. The van der Waals surface area contributed by atoms with E-state index in [0.29, 0.717) is 51.5 Å². The van der Waals surface area contributed by atoms with E-state index in [0.717, 1.165) is 5.56 Å². The molecule has 3 atom stereocenters. The molecule has 3 rings (SSSR count). The van der Waals surface area contributed by atoms with Crippen LogP contribution in [0.4, 0.5) is 0 Å². The molecule has 2 fully saturated rings. The number of nitrogens with zero attached hydrogens (tertiary/aromatic N) is 2. The molecule has 0 aliphatic carbocycles. The van der Waals surface area contributed by atoms with Crippen LogP contribution in [0.25, 0.3) is 0 Å². The van der Waals surface area contributed by atoms with E-state index in [4.69, 9.17) is 5.11 Å². The quantitative estimate of drug-likeness (QED) is 0.452. The van der Waals surface area contributed by atoms with Gasteiger partial charge in [0.15, 0.2) is 0 Å². The van der Waals surface area contributed by atoms with Gasteiger partial charge in [-0.2, -0.15) is 0 Å². The van der Waals surface area contributed by atoms with E-state index in [1.54, 1.807) is 0 Å². The Labute approximate surface area is 192 Å². The lowest BCUT2D eigenvalue weighted by Crippen LogP contribution is -2.63. The molecule has 2 heterocycles. The molecule has 10 nitrogen and oxygen atoms in total. The van der Waals surface area contributed by atoms with Crippen LogP contribution in [0.15, 0.2) is 30.3 Å². The van der Waals surface area contributed by atoms with Gasteiger partial charge in [-0.3, -0.25) is 24.2 Å². The molecular weight excluding hydrogens is 428 g/mol. The minimum atomic E-state index is -1.21. The lowest BCUT2D eigenvalue weighted by Gasteiger charge is -2.43. The van der Waals surface area contributed by atoms with Crippen LogP contribution in [0.3, 0.4) is 0 Å². The molecule has 1 aromatic carbocycles. The van der Waals surface area contributed by atoms with Crippen LogP contribution in [0.2, 0.25) is 0 Å². The van der Waals surface area contributed by atoms with Crippen LogP contribution in [0, 0.1) is 0 Å². The van der Waals surface area contributed by atoms with Crippen LogP contribution in [0.5, 0.6) is 0 Å². The van der Waals surface area contributed by atoms with E-state index in [-0.39, 0.29) is 18.2 Å². The summed E-state index contributed by atoms with van der Waals surface area (Å²) in [6.07, 6.45) is 2.88. The van der Waals surface area contributed by atoms with Gasteiger partial charge < -0.3 is 20.5 Å². The minimum absolute atomic E-state index is 0.230. The second kappa shape index (κ2) is 11.6. The number of benzene rings is 1. The minimum Gasteiger partial charge on any atom is -0.481 e. The fourth-order valence-corrected chi connectivity index (χ4v) is 4.31. The highest BCUT2D eigenvalue weighted by Gasteiger charge is 2.42.